The number of hydrazone groups is 1. The lowest BCUT2D eigenvalue weighted by molar-refractivity contribution is 0.255. The van der Waals surface area contributed by atoms with E-state index in [2.05, 4.69) is 21.9 Å². The standard InChI is InChI=1S/C12H23N3/c1-12(13-15-9-5-6-10-15)11-14-7-3-2-4-8-14/h2-11H2,1H3. The molecule has 86 valence electrons. The van der Waals surface area contributed by atoms with Crippen LogP contribution in [-0.2, 0) is 0 Å². The van der Waals surface area contributed by atoms with Gasteiger partial charge in [0, 0.05) is 25.3 Å². The van der Waals surface area contributed by atoms with Crippen LogP contribution in [0, 0.1) is 0 Å². The normalized spacial score (nSPS) is 24.9. The van der Waals surface area contributed by atoms with Gasteiger partial charge in [0.15, 0.2) is 0 Å². The van der Waals surface area contributed by atoms with Crippen LogP contribution in [0.2, 0.25) is 0 Å². The summed E-state index contributed by atoms with van der Waals surface area (Å²) in [6.45, 7) is 8.12. The van der Waals surface area contributed by atoms with E-state index in [1.54, 1.807) is 0 Å². The molecule has 2 fully saturated rings. The van der Waals surface area contributed by atoms with E-state index in [4.69, 9.17) is 0 Å². The van der Waals surface area contributed by atoms with Crippen molar-refractivity contribution in [3.8, 4) is 0 Å². The van der Waals surface area contributed by atoms with Crippen molar-refractivity contribution in [2.24, 2.45) is 5.10 Å². The average molecular weight is 209 g/mol. The molecule has 3 nitrogen and oxygen atoms in total. The van der Waals surface area contributed by atoms with Crippen molar-refractivity contribution in [3.05, 3.63) is 0 Å². The van der Waals surface area contributed by atoms with Gasteiger partial charge in [-0.25, -0.2) is 0 Å². The van der Waals surface area contributed by atoms with E-state index in [0.717, 1.165) is 19.6 Å². The largest absolute Gasteiger partial charge is 0.298 e. The molecule has 0 aromatic heterocycles. The van der Waals surface area contributed by atoms with Crippen LogP contribution >= 0.6 is 0 Å². The zero-order valence-corrected chi connectivity index (χ0v) is 9.91. The Morgan fingerprint density at radius 3 is 2.20 bits per heavy atom. The van der Waals surface area contributed by atoms with E-state index in [1.165, 1.54) is 50.9 Å². The van der Waals surface area contributed by atoms with E-state index in [-0.39, 0.29) is 0 Å². The van der Waals surface area contributed by atoms with Gasteiger partial charge in [0.2, 0.25) is 0 Å². The van der Waals surface area contributed by atoms with E-state index < -0.39 is 0 Å². The minimum atomic E-state index is 1.08. The topological polar surface area (TPSA) is 18.8 Å². The molecule has 2 saturated heterocycles. The molecule has 0 spiro atoms. The predicted molar refractivity (Wildman–Crippen MR) is 64.2 cm³/mol. The minimum absolute atomic E-state index is 1.08. The molecule has 3 heteroatoms. The molecule has 0 amide bonds. The number of hydrogen-bond acceptors (Lipinski definition) is 3. The summed E-state index contributed by atoms with van der Waals surface area (Å²) >= 11 is 0. The summed E-state index contributed by atoms with van der Waals surface area (Å²) in [5.41, 5.74) is 1.29. The van der Waals surface area contributed by atoms with Gasteiger partial charge in [-0.15, -0.1) is 0 Å². The quantitative estimate of drug-likeness (QED) is 0.662. The van der Waals surface area contributed by atoms with Crippen LogP contribution in [0.15, 0.2) is 5.10 Å². The molecule has 2 aliphatic rings. The Balaban J connectivity index is 1.76. The zero-order valence-electron chi connectivity index (χ0n) is 9.91. The highest BCUT2D eigenvalue weighted by Crippen LogP contribution is 2.10. The molecule has 0 aromatic rings. The first kappa shape index (κ1) is 10.9. The van der Waals surface area contributed by atoms with Crippen molar-refractivity contribution in [3.63, 3.8) is 0 Å². The average Bonchev–Trinajstić information content (AvgIpc) is 2.71. The lowest BCUT2D eigenvalue weighted by Gasteiger charge is -2.26. The van der Waals surface area contributed by atoms with E-state index in [9.17, 15) is 0 Å². The number of hydrogen-bond donors (Lipinski definition) is 0. The smallest absolute Gasteiger partial charge is 0.0489 e. The van der Waals surface area contributed by atoms with E-state index in [0.29, 0.717) is 0 Å². The third-order valence-electron chi connectivity index (χ3n) is 3.30. The highest BCUT2D eigenvalue weighted by atomic mass is 15.5. The molecule has 0 aromatic carbocycles. The Bertz CT molecular complexity index is 213. The maximum absolute atomic E-state index is 4.68. The molecule has 0 radical (unpaired) electrons. The maximum atomic E-state index is 4.68. The van der Waals surface area contributed by atoms with Crippen LogP contribution in [0.4, 0.5) is 0 Å². The highest BCUT2D eigenvalue weighted by molar-refractivity contribution is 5.83. The van der Waals surface area contributed by atoms with Gasteiger partial charge in [-0.05, 0) is 45.7 Å². The SMILES string of the molecule is CC(CN1CCCCC1)=NN1CCCC1. The van der Waals surface area contributed by atoms with Crippen molar-refractivity contribution in [1.29, 1.82) is 0 Å². The van der Waals surface area contributed by atoms with Crippen molar-refractivity contribution < 1.29 is 0 Å². The van der Waals surface area contributed by atoms with Gasteiger partial charge >= 0.3 is 0 Å². The number of piperidine rings is 1. The molecule has 0 unspecified atom stereocenters. The van der Waals surface area contributed by atoms with Gasteiger partial charge in [-0.1, -0.05) is 6.42 Å². The van der Waals surface area contributed by atoms with Crippen molar-refractivity contribution in [2.45, 2.75) is 39.0 Å². The Hall–Kier alpha value is -0.570. The lowest BCUT2D eigenvalue weighted by Crippen LogP contribution is -2.34. The fourth-order valence-electron chi connectivity index (χ4n) is 2.51. The Morgan fingerprint density at radius 2 is 1.53 bits per heavy atom. The Kier molecular flexibility index (Phi) is 4.01. The summed E-state index contributed by atoms with van der Waals surface area (Å²) in [7, 11) is 0. The van der Waals surface area contributed by atoms with Gasteiger partial charge in [-0.3, -0.25) is 9.91 Å². The van der Waals surface area contributed by atoms with Gasteiger partial charge in [-0.2, -0.15) is 5.10 Å². The molecular formula is C12H23N3. The van der Waals surface area contributed by atoms with Crippen LogP contribution in [0.3, 0.4) is 0 Å². The summed E-state index contributed by atoms with van der Waals surface area (Å²) in [4.78, 5) is 2.54. The van der Waals surface area contributed by atoms with Crippen LogP contribution in [0.1, 0.15) is 39.0 Å². The summed E-state index contributed by atoms with van der Waals surface area (Å²) < 4.78 is 0. The van der Waals surface area contributed by atoms with Crippen LogP contribution in [-0.4, -0.2) is 48.3 Å². The fraction of sp³-hybridized carbons (Fsp3) is 0.917. The van der Waals surface area contributed by atoms with Crippen LogP contribution in [0.25, 0.3) is 0 Å². The molecule has 0 bridgehead atoms. The second-order valence-electron chi connectivity index (χ2n) is 4.83. The van der Waals surface area contributed by atoms with Gasteiger partial charge in [0.1, 0.15) is 0 Å². The monoisotopic (exact) mass is 209 g/mol. The first-order chi connectivity index (χ1) is 7.34. The number of rotatable bonds is 3. The molecule has 2 aliphatic heterocycles. The summed E-state index contributed by atoms with van der Waals surface area (Å²) in [6, 6.07) is 0. The summed E-state index contributed by atoms with van der Waals surface area (Å²) in [6.07, 6.45) is 6.80. The maximum Gasteiger partial charge on any atom is 0.0489 e. The first-order valence-electron chi connectivity index (χ1n) is 6.36. The molecular weight excluding hydrogens is 186 g/mol. The van der Waals surface area contributed by atoms with Crippen molar-refractivity contribution >= 4 is 5.71 Å². The van der Waals surface area contributed by atoms with Gasteiger partial charge in [0.25, 0.3) is 0 Å². The molecule has 2 rings (SSSR count). The van der Waals surface area contributed by atoms with E-state index in [1.807, 2.05) is 0 Å². The highest BCUT2D eigenvalue weighted by Gasteiger charge is 2.12. The predicted octanol–water partition coefficient (Wildman–Crippen LogP) is 1.94. The third-order valence-corrected chi connectivity index (χ3v) is 3.30. The summed E-state index contributed by atoms with van der Waals surface area (Å²) in [5.74, 6) is 0. The molecule has 2 heterocycles. The fourth-order valence-corrected chi connectivity index (χ4v) is 2.51. The first-order valence-corrected chi connectivity index (χ1v) is 6.36. The number of likely N-dealkylation sites (tertiary alicyclic amines) is 1. The zero-order chi connectivity index (χ0) is 10.5. The van der Waals surface area contributed by atoms with Crippen molar-refractivity contribution in [2.75, 3.05) is 32.7 Å². The molecule has 0 aliphatic carbocycles. The molecule has 0 atom stereocenters. The van der Waals surface area contributed by atoms with Gasteiger partial charge in [0.05, 0.1) is 0 Å². The van der Waals surface area contributed by atoms with Gasteiger partial charge < -0.3 is 0 Å². The third kappa shape index (κ3) is 3.49. The minimum Gasteiger partial charge on any atom is -0.298 e. The Labute approximate surface area is 93.1 Å². The molecule has 0 saturated carbocycles. The van der Waals surface area contributed by atoms with Crippen LogP contribution < -0.4 is 0 Å². The van der Waals surface area contributed by atoms with Crippen LogP contribution in [0.5, 0.6) is 0 Å². The number of nitrogens with zero attached hydrogens (tertiary/aromatic N) is 3. The molecule has 15 heavy (non-hydrogen) atoms. The second kappa shape index (κ2) is 5.50. The Morgan fingerprint density at radius 1 is 0.933 bits per heavy atom. The van der Waals surface area contributed by atoms with E-state index >= 15 is 0 Å². The van der Waals surface area contributed by atoms with Crippen molar-refractivity contribution in [1.82, 2.24) is 9.91 Å². The second-order valence-corrected chi connectivity index (χ2v) is 4.83. The molecule has 0 N–H and O–H groups in total. The lowest BCUT2D eigenvalue weighted by atomic mass is 10.1. The summed E-state index contributed by atoms with van der Waals surface area (Å²) in [5, 5.41) is 6.91.